The third-order valence-corrected chi connectivity index (χ3v) is 6.22. The van der Waals surface area contributed by atoms with Gasteiger partial charge in [0.2, 0.25) is 23.6 Å². The number of carbonyl (C=O) groups is 2. The second-order valence-corrected chi connectivity index (χ2v) is 8.00. The van der Waals surface area contributed by atoms with E-state index in [2.05, 4.69) is 10.2 Å². The first-order valence-electron chi connectivity index (χ1n) is 10.00. The minimum absolute atomic E-state index is 0.150. The van der Waals surface area contributed by atoms with Gasteiger partial charge in [-0.25, -0.2) is 0 Å². The van der Waals surface area contributed by atoms with E-state index in [0.29, 0.717) is 43.9 Å². The molecule has 1 aromatic heterocycles. The highest BCUT2D eigenvalue weighted by Gasteiger charge is 2.40. The van der Waals surface area contributed by atoms with Crippen molar-refractivity contribution in [3.63, 3.8) is 0 Å². The molecular formula is C19H28N4O3. The van der Waals surface area contributed by atoms with Gasteiger partial charge in [-0.15, -0.1) is 10.2 Å². The molecule has 0 bridgehead atoms. The number of carbonyl (C=O) groups excluding carboxylic acids is 2. The summed E-state index contributed by atoms with van der Waals surface area (Å²) in [6.07, 6.45) is 7.96. The summed E-state index contributed by atoms with van der Waals surface area (Å²) in [5.74, 6) is 1.68. The van der Waals surface area contributed by atoms with Crippen LogP contribution in [0.4, 0.5) is 0 Å². The first-order valence-corrected chi connectivity index (χ1v) is 10.00. The van der Waals surface area contributed by atoms with E-state index in [1.807, 2.05) is 9.80 Å². The molecule has 1 atom stereocenters. The van der Waals surface area contributed by atoms with Gasteiger partial charge in [0.05, 0.1) is 5.92 Å². The summed E-state index contributed by atoms with van der Waals surface area (Å²) in [6.45, 7) is 3.83. The maximum Gasteiger partial charge on any atom is 0.227 e. The Hall–Kier alpha value is -1.92. The van der Waals surface area contributed by atoms with Crippen LogP contribution in [0, 0.1) is 12.8 Å². The number of aryl methyl sites for hydroxylation is 1. The molecule has 0 radical (unpaired) electrons. The van der Waals surface area contributed by atoms with E-state index < -0.39 is 0 Å². The summed E-state index contributed by atoms with van der Waals surface area (Å²) in [4.78, 5) is 29.3. The number of hydrogen-bond donors (Lipinski definition) is 0. The lowest BCUT2D eigenvalue weighted by molar-refractivity contribution is -0.137. The molecule has 1 aromatic rings. The van der Waals surface area contributed by atoms with E-state index in [1.54, 1.807) is 6.92 Å². The zero-order chi connectivity index (χ0) is 18.1. The van der Waals surface area contributed by atoms with Gasteiger partial charge >= 0.3 is 0 Å². The number of piperidine rings is 1. The number of aromatic nitrogens is 2. The van der Waals surface area contributed by atoms with E-state index in [1.165, 1.54) is 19.3 Å². The van der Waals surface area contributed by atoms with Crippen molar-refractivity contribution in [2.24, 2.45) is 5.92 Å². The van der Waals surface area contributed by atoms with Crippen LogP contribution in [0.25, 0.3) is 0 Å². The highest BCUT2D eigenvalue weighted by molar-refractivity contribution is 5.89. The average molecular weight is 360 g/mol. The Morgan fingerprint density at radius 3 is 2.46 bits per heavy atom. The van der Waals surface area contributed by atoms with Gasteiger partial charge in [-0.2, -0.15) is 0 Å². The smallest absolute Gasteiger partial charge is 0.227 e. The second-order valence-electron chi connectivity index (χ2n) is 8.00. The van der Waals surface area contributed by atoms with Gasteiger partial charge in [-0.3, -0.25) is 9.59 Å². The fourth-order valence-corrected chi connectivity index (χ4v) is 4.72. The molecule has 2 saturated heterocycles. The van der Waals surface area contributed by atoms with Gasteiger partial charge in [0.1, 0.15) is 0 Å². The zero-order valence-electron chi connectivity index (χ0n) is 15.5. The van der Waals surface area contributed by atoms with Crippen molar-refractivity contribution in [2.45, 2.75) is 70.3 Å². The molecule has 1 saturated carbocycles. The summed E-state index contributed by atoms with van der Waals surface area (Å²) >= 11 is 0. The number of hydrogen-bond acceptors (Lipinski definition) is 5. The molecule has 26 heavy (non-hydrogen) atoms. The van der Waals surface area contributed by atoms with Gasteiger partial charge in [0.15, 0.2) is 0 Å². The quantitative estimate of drug-likeness (QED) is 0.826. The summed E-state index contributed by atoms with van der Waals surface area (Å²) in [7, 11) is 0. The van der Waals surface area contributed by atoms with Crippen molar-refractivity contribution in [3.8, 4) is 0 Å². The Bertz CT molecular complexity index is 659. The first kappa shape index (κ1) is 17.5. The van der Waals surface area contributed by atoms with Crippen LogP contribution in [-0.4, -0.2) is 57.5 Å². The first-order chi connectivity index (χ1) is 12.6. The Balaban J connectivity index is 1.31. The van der Waals surface area contributed by atoms with Gasteiger partial charge in [0, 0.05) is 44.9 Å². The summed E-state index contributed by atoms with van der Waals surface area (Å²) in [5, 5.41) is 8.02. The minimum Gasteiger partial charge on any atom is -0.425 e. The molecule has 0 N–H and O–H groups in total. The van der Waals surface area contributed by atoms with Crippen LogP contribution in [0.15, 0.2) is 4.42 Å². The summed E-state index contributed by atoms with van der Waals surface area (Å²) in [6, 6.07) is 0.362. The van der Waals surface area contributed by atoms with E-state index in [-0.39, 0.29) is 23.7 Å². The molecule has 142 valence electrons. The Labute approximate surface area is 154 Å². The fourth-order valence-electron chi connectivity index (χ4n) is 4.72. The molecule has 7 nitrogen and oxygen atoms in total. The lowest BCUT2D eigenvalue weighted by Crippen LogP contribution is -2.43. The monoisotopic (exact) mass is 360 g/mol. The number of amides is 2. The number of nitrogens with zero attached hydrogens (tertiary/aromatic N) is 4. The Morgan fingerprint density at radius 2 is 1.81 bits per heavy atom. The molecule has 3 aliphatic rings. The maximum atomic E-state index is 12.9. The summed E-state index contributed by atoms with van der Waals surface area (Å²) in [5.41, 5.74) is 0. The molecule has 3 heterocycles. The van der Waals surface area contributed by atoms with Crippen molar-refractivity contribution < 1.29 is 14.0 Å². The van der Waals surface area contributed by atoms with Crippen molar-refractivity contribution in [3.05, 3.63) is 11.8 Å². The Morgan fingerprint density at radius 1 is 1.08 bits per heavy atom. The highest BCUT2D eigenvalue weighted by Crippen LogP contribution is 2.32. The van der Waals surface area contributed by atoms with Crippen molar-refractivity contribution >= 4 is 11.8 Å². The molecule has 0 aromatic carbocycles. The molecule has 7 heteroatoms. The molecule has 2 aliphatic heterocycles. The van der Waals surface area contributed by atoms with E-state index in [9.17, 15) is 9.59 Å². The third kappa shape index (κ3) is 3.48. The predicted octanol–water partition coefficient (Wildman–Crippen LogP) is 2.27. The van der Waals surface area contributed by atoms with Crippen LogP contribution in [0.3, 0.4) is 0 Å². The molecule has 0 spiro atoms. The number of rotatable bonds is 3. The van der Waals surface area contributed by atoms with Crippen LogP contribution in [-0.2, 0) is 9.59 Å². The van der Waals surface area contributed by atoms with Crippen molar-refractivity contribution in [2.75, 3.05) is 19.6 Å². The minimum atomic E-state index is -0.161. The maximum absolute atomic E-state index is 12.9. The second kappa shape index (κ2) is 7.37. The van der Waals surface area contributed by atoms with Gasteiger partial charge in [-0.05, 0) is 25.7 Å². The van der Waals surface area contributed by atoms with Gasteiger partial charge in [-0.1, -0.05) is 19.3 Å². The molecule has 2 amide bonds. The lowest BCUT2D eigenvalue weighted by atomic mass is 9.94. The van der Waals surface area contributed by atoms with Gasteiger partial charge in [0.25, 0.3) is 0 Å². The molecule has 1 unspecified atom stereocenters. The Kier molecular flexibility index (Phi) is 4.96. The molecular weight excluding hydrogens is 332 g/mol. The van der Waals surface area contributed by atoms with E-state index in [0.717, 1.165) is 25.7 Å². The fraction of sp³-hybridized carbons (Fsp3) is 0.789. The predicted molar refractivity (Wildman–Crippen MR) is 94.3 cm³/mol. The standard InChI is InChI=1S/C19H28N4O3/c1-13-20-21-18(26-13)14-7-9-22(10-8-14)19(25)15-11-17(24)23(12-15)16-5-3-2-4-6-16/h14-16H,2-12H2,1H3. The molecule has 1 aliphatic carbocycles. The molecule has 3 fully saturated rings. The zero-order valence-corrected chi connectivity index (χ0v) is 15.5. The lowest BCUT2D eigenvalue weighted by Gasteiger charge is -2.33. The van der Waals surface area contributed by atoms with Crippen LogP contribution >= 0.6 is 0 Å². The van der Waals surface area contributed by atoms with Crippen LogP contribution in [0.5, 0.6) is 0 Å². The topological polar surface area (TPSA) is 79.5 Å². The van der Waals surface area contributed by atoms with Crippen LogP contribution in [0.1, 0.15) is 69.1 Å². The SMILES string of the molecule is Cc1nnc(C2CCN(C(=O)C3CC(=O)N(C4CCCCC4)C3)CC2)o1. The van der Waals surface area contributed by atoms with Gasteiger partial charge < -0.3 is 14.2 Å². The third-order valence-electron chi connectivity index (χ3n) is 6.22. The van der Waals surface area contributed by atoms with Crippen LogP contribution < -0.4 is 0 Å². The molecule has 4 rings (SSSR count). The van der Waals surface area contributed by atoms with E-state index >= 15 is 0 Å². The summed E-state index contributed by atoms with van der Waals surface area (Å²) < 4.78 is 5.54. The average Bonchev–Trinajstić information content (AvgIpc) is 3.28. The van der Waals surface area contributed by atoms with Crippen LogP contribution in [0.2, 0.25) is 0 Å². The van der Waals surface area contributed by atoms with Crippen molar-refractivity contribution in [1.29, 1.82) is 0 Å². The normalized spacial score (nSPS) is 25.9. The number of likely N-dealkylation sites (tertiary alicyclic amines) is 2. The van der Waals surface area contributed by atoms with E-state index in [4.69, 9.17) is 4.42 Å². The highest BCUT2D eigenvalue weighted by atomic mass is 16.4. The largest absolute Gasteiger partial charge is 0.425 e. The van der Waals surface area contributed by atoms with Crippen molar-refractivity contribution in [1.82, 2.24) is 20.0 Å².